The third-order valence-corrected chi connectivity index (χ3v) is 3.14. The Bertz CT molecular complexity index is 352. The van der Waals surface area contributed by atoms with Gasteiger partial charge in [0, 0.05) is 0 Å². The Kier molecular flexibility index (Phi) is 2.93. The molecule has 0 aliphatic heterocycles. The maximum Gasteiger partial charge on any atom is 0.418 e. The molecule has 1 aliphatic carbocycles. The highest BCUT2D eigenvalue weighted by molar-refractivity contribution is 5.28. The molecule has 2 rings (SSSR count). The lowest BCUT2D eigenvalue weighted by Gasteiger charge is -2.26. The van der Waals surface area contributed by atoms with Crippen molar-refractivity contribution >= 4 is 0 Å². The molecule has 4 heteroatoms. The molecule has 88 valence electrons. The lowest BCUT2D eigenvalue weighted by atomic mass is 9.80. The van der Waals surface area contributed by atoms with Crippen LogP contribution in [0.15, 0.2) is 24.3 Å². The molecule has 1 nitrogen and oxygen atoms in total. The molecule has 16 heavy (non-hydrogen) atoms. The van der Waals surface area contributed by atoms with Gasteiger partial charge in [-0.1, -0.05) is 30.7 Å². The SMILES string of the molecule is OC(c1ccc(C2CCC2)cc1)C(F)(F)F. The Balaban J connectivity index is 2.12. The normalized spacial score (nSPS) is 19.2. The van der Waals surface area contributed by atoms with Crippen LogP contribution in [-0.4, -0.2) is 11.3 Å². The van der Waals surface area contributed by atoms with Gasteiger partial charge in [0.25, 0.3) is 0 Å². The summed E-state index contributed by atoms with van der Waals surface area (Å²) in [5.74, 6) is 0.497. The first kappa shape index (κ1) is 11.5. The van der Waals surface area contributed by atoms with Crippen molar-refractivity contribution in [3.8, 4) is 0 Å². The number of aliphatic hydroxyl groups is 1. The fourth-order valence-corrected chi connectivity index (χ4v) is 1.88. The zero-order chi connectivity index (χ0) is 11.8. The largest absolute Gasteiger partial charge is 0.418 e. The summed E-state index contributed by atoms with van der Waals surface area (Å²) in [5, 5.41) is 9.03. The van der Waals surface area contributed by atoms with Crippen molar-refractivity contribution < 1.29 is 18.3 Å². The number of aliphatic hydroxyl groups excluding tert-OH is 1. The third-order valence-electron chi connectivity index (χ3n) is 3.14. The second kappa shape index (κ2) is 4.09. The molecule has 1 fully saturated rings. The Morgan fingerprint density at radius 1 is 1.12 bits per heavy atom. The quantitative estimate of drug-likeness (QED) is 0.823. The van der Waals surface area contributed by atoms with Gasteiger partial charge < -0.3 is 5.11 Å². The molecule has 1 atom stereocenters. The maximum atomic E-state index is 12.2. The zero-order valence-electron chi connectivity index (χ0n) is 8.67. The molecule has 0 saturated heterocycles. The van der Waals surface area contributed by atoms with Gasteiger partial charge in [0.1, 0.15) is 0 Å². The fraction of sp³-hybridized carbons (Fsp3) is 0.500. The first-order chi connectivity index (χ1) is 7.48. The van der Waals surface area contributed by atoms with Gasteiger partial charge in [0.2, 0.25) is 0 Å². The highest BCUT2D eigenvalue weighted by Crippen LogP contribution is 2.38. The summed E-state index contributed by atoms with van der Waals surface area (Å²) in [6.07, 6.45) is -3.54. The standard InChI is InChI=1S/C12H13F3O/c13-12(14,15)11(16)10-6-4-9(5-7-10)8-2-1-3-8/h4-8,11,16H,1-3H2. The summed E-state index contributed by atoms with van der Waals surface area (Å²) in [6, 6.07) is 6.11. The van der Waals surface area contributed by atoms with Crippen LogP contribution in [0.2, 0.25) is 0 Å². The lowest BCUT2D eigenvalue weighted by Crippen LogP contribution is -2.20. The van der Waals surface area contributed by atoms with E-state index in [1.807, 2.05) is 0 Å². The van der Waals surface area contributed by atoms with Crippen LogP contribution < -0.4 is 0 Å². The average Bonchev–Trinajstić information content (AvgIpc) is 2.14. The summed E-state index contributed by atoms with van der Waals surface area (Å²) in [5.41, 5.74) is 0.986. The van der Waals surface area contributed by atoms with Crippen LogP contribution in [0.4, 0.5) is 13.2 Å². The molecule has 1 aromatic carbocycles. The smallest absolute Gasteiger partial charge is 0.379 e. The van der Waals surface area contributed by atoms with E-state index in [-0.39, 0.29) is 5.56 Å². The number of hydrogen-bond acceptors (Lipinski definition) is 1. The Morgan fingerprint density at radius 3 is 2.06 bits per heavy atom. The molecule has 0 amide bonds. The van der Waals surface area contributed by atoms with Gasteiger partial charge in [-0.15, -0.1) is 0 Å². The Morgan fingerprint density at radius 2 is 1.69 bits per heavy atom. The molecule has 0 radical (unpaired) electrons. The van der Waals surface area contributed by atoms with Crippen molar-refractivity contribution in [2.75, 3.05) is 0 Å². The number of halogens is 3. The zero-order valence-corrected chi connectivity index (χ0v) is 8.67. The maximum absolute atomic E-state index is 12.2. The Hall–Kier alpha value is -1.03. The van der Waals surface area contributed by atoms with Gasteiger partial charge in [-0.05, 0) is 29.9 Å². The summed E-state index contributed by atoms with van der Waals surface area (Å²) < 4.78 is 36.7. The highest BCUT2D eigenvalue weighted by atomic mass is 19.4. The molecule has 0 bridgehead atoms. The predicted molar refractivity (Wildman–Crippen MR) is 54.0 cm³/mol. The molecule has 1 aliphatic rings. The van der Waals surface area contributed by atoms with E-state index in [4.69, 9.17) is 5.11 Å². The second-order valence-electron chi connectivity index (χ2n) is 4.24. The van der Waals surface area contributed by atoms with Crippen LogP contribution in [0.3, 0.4) is 0 Å². The van der Waals surface area contributed by atoms with E-state index in [9.17, 15) is 13.2 Å². The van der Waals surface area contributed by atoms with Gasteiger partial charge in [-0.3, -0.25) is 0 Å². The van der Waals surface area contributed by atoms with Crippen LogP contribution in [0.5, 0.6) is 0 Å². The van der Waals surface area contributed by atoms with Gasteiger partial charge in [-0.25, -0.2) is 0 Å². The molecule has 1 unspecified atom stereocenters. The number of rotatable bonds is 2. The number of benzene rings is 1. The van der Waals surface area contributed by atoms with E-state index in [0.717, 1.165) is 18.4 Å². The molecule has 0 aromatic heterocycles. The van der Waals surface area contributed by atoms with Crippen molar-refractivity contribution in [3.63, 3.8) is 0 Å². The second-order valence-corrected chi connectivity index (χ2v) is 4.24. The minimum absolute atomic E-state index is 0.0874. The van der Waals surface area contributed by atoms with Crippen molar-refractivity contribution in [2.24, 2.45) is 0 Å². The first-order valence-electron chi connectivity index (χ1n) is 5.33. The average molecular weight is 230 g/mol. The third kappa shape index (κ3) is 2.21. The van der Waals surface area contributed by atoms with Crippen LogP contribution in [0, 0.1) is 0 Å². The molecule has 1 saturated carbocycles. The predicted octanol–water partition coefficient (Wildman–Crippen LogP) is 3.55. The lowest BCUT2D eigenvalue weighted by molar-refractivity contribution is -0.206. The van der Waals surface area contributed by atoms with Crippen molar-refractivity contribution in [1.82, 2.24) is 0 Å². The van der Waals surface area contributed by atoms with Gasteiger partial charge in [0.15, 0.2) is 6.10 Å². The van der Waals surface area contributed by atoms with Crippen molar-refractivity contribution in [3.05, 3.63) is 35.4 Å². The Labute approximate surface area is 91.9 Å². The van der Waals surface area contributed by atoms with Gasteiger partial charge in [-0.2, -0.15) is 13.2 Å². The van der Waals surface area contributed by atoms with Crippen LogP contribution in [0.1, 0.15) is 42.4 Å². The summed E-state index contributed by atoms with van der Waals surface area (Å²) >= 11 is 0. The first-order valence-corrected chi connectivity index (χ1v) is 5.33. The summed E-state index contributed by atoms with van der Waals surface area (Å²) in [7, 11) is 0. The van der Waals surface area contributed by atoms with Crippen molar-refractivity contribution in [2.45, 2.75) is 37.5 Å². The monoisotopic (exact) mass is 230 g/mol. The minimum Gasteiger partial charge on any atom is -0.379 e. The molecular weight excluding hydrogens is 217 g/mol. The minimum atomic E-state index is -4.59. The molecule has 1 aromatic rings. The van der Waals surface area contributed by atoms with Gasteiger partial charge >= 0.3 is 6.18 Å². The van der Waals surface area contributed by atoms with E-state index in [2.05, 4.69) is 0 Å². The summed E-state index contributed by atoms with van der Waals surface area (Å²) in [6.45, 7) is 0. The highest BCUT2D eigenvalue weighted by Gasteiger charge is 2.39. The van der Waals surface area contributed by atoms with E-state index in [1.54, 1.807) is 12.1 Å². The molecule has 1 N–H and O–H groups in total. The van der Waals surface area contributed by atoms with Crippen LogP contribution in [-0.2, 0) is 0 Å². The van der Waals surface area contributed by atoms with E-state index in [1.165, 1.54) is 18.6 Å². The van der Waals surface area contributed by atoms with Gasteiger partial charge in [0.05, 0.1) is 0 Å². The van der Waals surface area contributed by atoms with Crippen LogP contribution >= 0.6 is 0 Å². The molecule has 0 spiro atoms. The summed E-state index contributed by atoms with van der Waals surface area (Å²) in [4.78, 5) is 0. The molecule has 0 heterocycles. The van der Waals surface area contributed by atoms with E-state index < -0.39 is 12.3 Å². The topological polar surface area (TPSA) is 20.2 Å². The van der Waals surface area contributed by atoms with Crippen molar-refractivity contribution in [1.29, 1.82) is 0 Å². The van der Waals surface area contributed by atoms with Crippen LogP contribution in [0.25, 0.3) is 0 Å². The number of hydrogen-bond donors (Lipinski definition) is 1. The van der Waals surface area contributed by atoms with E-state index in [0.29, 0.717) is 5.92 Å². The number of alkyl halides is 3. The molecular formula is C12H13F3O. The fourth-order valence-electron chi connectivity index (χ4n) is 1.88. The van der Waals surface area contributed by atoms with E-state index >= 15 is 0 Å².